The third-order valence-electron chi connectivity index (χ3n) is 9.85. The summed E-state index contributed by atoms with van der Waals surface area (Å²) in [4.78, 5) is 72.0. The number of ether oxygens (including phenoxy) is 2. The fourth-order valence-corrected chi connectivity index (χ4v) is 7.99. The first-order valence-corrected chi connectivity index (χ1v) is 19.0. The van der Waals surface area contributed by atoms with Crippen LogP contribution in [0.3, 0.4) is 0 Å². The molecule has 1 saturated heterocycles. The summed E-state index contributed by atoms with van der Waals surface area (Å²) in [5, 5.41) is 15.3. The normalized spacial score (nSPS) is 22.6. The lowest BCUT2D eigenvalue weighted by Crippen LogP contribution is -2.58. The molecule has 0 radical (unpaired) electrons. The van der Waals surface area contributed by atoms with Crippen LogP contribution in [-0.4, -0.2) is 95.6 Å². The van der Waals surface area contributed by atoms with Crippen molar-refractivity contribution in [1.29, 1.82) is 0 Å². The molecule has 284 valence electrons. The van der Waals surface area contributed by atoms with Crippen molar-refractivity contribution in [3.8, 4) is 11.6 Å². The molecule has 3 aromatic rings. The quantitative estimate of drug-likeness (QED) is 0.123. The molecule has 1 aromatic heterocycles. The summed E-state index contributed by atoms with van der Waals surface area (Å²) in [6.07, 6.45) is 4.06. The molecule has 2 aromatic carbocycles. The highest BCUT2D eigenvalue weighted by Crippen LogP contribution is 2.45. The minimum absolute atomic E-state index is 0.0822. The molecule has 54 heavy (non-hydrogen) atoms. The van der Waals surface area contributed by atoms with Crippen molar-refractivity contribution in [2.24, 2.45) is 5.92 Å². The minimum atomic E-state index is -3.94. The number of benzene rings is 2. The first-order valence-electron chi connectivity index (χ1n) is 17.5. The van der Waals surface area contributed by atoms with Crippen LogP contribution in [0.15, 0.2) is 79.5 Å². The first-order chi connectivity index (χ1) is 25.8. The molecule has 0 bridgehead atoms. The number of sulfonamides is 1. The van der Waals surface area contributed by atoms with E-state index in [9.17, 15) is 37.5 Å². The van der Waals surface area contributed by atoms with E-state index in [1.54, 1.807) is 30.3 Å². The molecule has 2 heterocycles. The average molecular weight is 760 g/mol. The number of amides is 4. The fraction of sp³-hybridized carbons (Fsp3) is 0.368. The van der Waals surface area contributed by atoms with Crippen LogP contribution in [0.5, 0.6) is 11.6 Å². The van der Waals surface area contributed by atoms with E-state index in [0.717, 1.165) is 15.8 Å². The van der Waals surface area contributed by atoms with Crippen LogP contribution in [-0.2, 0) is 29.2 Å². The number of carbonyl (C=O) groups excluding carboxylic acids is 4. The molecule has 3 aliphatic rings. The van der Waals surface area contributed by atoms with Gasteiger partial charge in [0.05, 0.1) is 18.9 Å². The average Bonchev–Trinajstić information content (AvgIpc) is 4.09. The lowest BCUT2D eigenvalue weighted by molar-refractivity contribution is -0.141. The van der Waals surface area contributed by atoms with E-state index in [-0.39, 0.29) is 43.9 Å². The summed E-state index contributed by atoms with van der Waals surface area (Å²) in [6.45, 7) is 3.55. The van der Waals surface area contributed by atoms with Crippen LogP contribution in [0.2, 0.25) is 0 Å². The second-order valence-electron chi connectivity index (χ2n) is 13.6. The molecular weight excluding hydrogens is 719 g/mol. The molecule has 1 aliphatic heterocycles. The van der Waals surface area contributed by atoms with Gasteiger partial charge in [-0.25, -0.2) is 18.2 Å². The smallest absolute Gasteiger partial charge is 0.405 e. The molecular formula is C38H41N5O10S. The highest BCUT2D eigenvalue weighted by molar-refractivity contribution is 7.91. The number of allylic oxidation sites excluding steroid dienone is 1. The predicted molar refractivity (Wildman–Crippen MR) is 197 cm³/mol. The molecule has 0 spiro atoms. The molecule has 0 unspecified atom stereocenters. The Morgan fingerprint density at radius 3 is 2.54 bits per heavy atom. The van der Waals surface area contributed by atoms with Crippen molar-refractivity contribution in [1.82, 2.24) is 25.2 Å². The SMILES string of the molecule is C=C[C@@H]1C[C@]1(NC(=O)[C@@H]1C[C@@H](Oc2nccc3cc(OC)ccc23)CN1C(=O)[C@H](CCC(=O)/C=C/c1ccccc1)NC(=O)O)C(=O)NS(=O)(=O)C1CC1. The van der Waals surface area contributed by atoms with Crippen molar-refractivity contribution >= 4 is 56.5 Å². The van der Waals surface area contributed by atoms with Crippen LogP contribution in [0.4, 0.5) is 4.79 Å². The molecule has 2 saturated carbocycles. The topological polar surface area (TPSA) is 210 Å². The van der Waals surface area contributed by atoms with Gasteiger partial charge in [0.25, 0.3) is 5.91 Å². The van der Waals surface area contributed by atoms with Crippen molar-refractivity contribution < 1.29 is 47.0 Å². The Morgan fingerprint density at radius 1 is 1.11 bits per heavy atom. The highest BCUT2D eigenvalue weighted by Gasteiger charge is 2.62. The standard InChI is InChI=1S/C38H41N5O10S/c1-3-25-21-38(25,36(47)42-54(50,51)29-13-14-29)41-33(45)32-20-28(53-34-30-15-12-27(52-2)19-24(30)17-18-39-34)22-43(32)35(46)31(40-37(48)49)16-11-26(44)10-9-23-7-5-4-6-8-23/h3-10,12,15,17-19,25,28-29,31-32,40H,1,11,13-14,16,20-22H2,2H3,(H,41,45)(H,42,47)(H,48,49)/b10-9+/t25-,28-,31+,32+,38-/m1/s1. The van der Waals surface area contributed by atoms with Gasteiger partial charge in [0.15, 0.2) is 5.78 Å². The van der Waals surface area contributed by atoms with Crippen molar-refractivity contribution in [2.75, 3.05) is 13.7 Å². The second-order valence-corrected chi connectivity index (χ2v) is 15.6. The summed E-state index contributed by atoms with van der Waals surface area (Å²) < 4.78 is 39.0. The number of fused-ring (bicyclic) bond motifs is 1. The summed E-state index contributed by atoms with van der Waals surface area (Å²) in [6, 6.07) is 13.4. The number of methoxy groups -OCH3 is 1. The number of hydrogen-bond donors (Lipinski definition) is 4. The number of ketones is 1. The van der Waals surface area contributed by atoms with Gasteiger partial charge in [0, 0.05) is 30.3 Å². The lowest BCUT2D eigenvalue weighted by Gasteiger charge is -2.29. The molecule has 6 rings (SSSR count). The Labute approximate surface area is 311 Å². The van der Waals surface area contributed by atoms with Crippen LogP contribution in [0.1, 0.15) is 44.1 Å². The maximum absolute atomic E-state index is 14.2. The van der Waals surface area contributed by atoms with Gasteiger partial charge in [-0.1, -0.05) is 42.5 Å². The number of aromatic nitrogens is 1. The van der Waals surface area contributed by atoms with Crippen LogP contribution in [0.25, 0.3) is 16.8 Å². The number of rotatable bonds is 16. The van der Waals surface area contributed by atoms with Crippen LogP contribution in [0, 0.1) is 5.92 Å². The molecule has 16 heteroatoms. The van der Waals surface area contributed by atoms with E-state index < -0.39 is 68.7 Å². The third kappa shape index (κ3) is 8.54. The number of pyridine rings is 1. The zero-order chi connectivity index (χ0) is 38.6. The number of nitrogens with one attached hydrogen (secondary N) is 3. The number of nitrogens with zero attached hydrogens (tertiary/aromatic N) is 2. The Hall–Kier alpha value is -5.77. The fourth-order valence-electron chi connectivity index (χ4n) is 6.63. The van der Waals surface area contributed by atoms with E-state index in [1.807, 2.05) is 30.3 Å². The Kier molecular flexibility index (Phi) is 11.0. The zero-order valence-electron chi connectivity index (χ0n) is 29.5. The Balaban J connectivity index is 1.24. The van der Waals surface area contributed by atoms with E-state index in [4.69, 9.17) is 9.47 Å². The monoisotopic (exact) mass is 759 g/mol. The van der Waals surface area contributed by atoms with Crippen LogP contribution >= 0.6 is 0 Å². The molecule has 5 atom stereocenters. The summed E-state index contributed by atoms with van der Waals surface area (Å²) in [5.41, 5.74) is -0.842. The van der Waals surface area contributed by atoms with E-state index in [0.29, 0.717) is 24.0 Å². The zero-order valence-corrected chi connectivity index (χ0v) is 30.3. The first kappa shape index (κ1) is 38.0. The van der Waals surface area contributed by atoms with Gasteiger partial charge in [0.2, 0.25) is 27.7 Å². The van der Waals surface area contributed by atoms with Gasteiger partial charge < -0.3 is 30.1 Å². The third-order valence-corrected chi connectivity index (χ3v) is 11.7. The maximum Gasteiger partial charge on any atom is 0.405 e. The van der Waals surface area contributed by atoms with Gasteiger partial charge in [-0.15, -0.1) is 6.58 Å². The van der Waals surface area contributed by atoms with E-state index in [1.165, 1.54) is 25.5 Å². The van der Waals surface area contributed by atoms with Gasteiger partial charge >= 0.3 is 6.09 Å². The summed E-state index contributed by atoms with van der Waals surface area (Å²) >= 11 is 0. The van der Waals surface area contributed by atoms with Gasteiger partial charge in [0.1, 0.15) is 29.5 Å². The van der Waals surface area contributed by atoms with E-state index >= 15 is 0 Å². The second kappa shape index (κ2) is 15.7. The lowest BCUT2D eigenvalue weighted by atomic mass is 10.1. The van der Waals surface area contributed by atoms with Gasteiger partial charge in [-0.3, -0.25) is 23.9 Å². The molecule has 4 amide bonds. The van der Waals surface area contributed by atoms with Gasteiger partial charge in [-0.05, 0) is 67.0 Å². The summed E-state index contributed by atoms with van der Waals surface area (Å²) in [7, 11) is -2.40. The predicted octanol–water partition coefficient (Wildman–Crippen LogP) is 2.96. The van der Waals surface area contributed by atoms with E-state index in [2.05, 4.69) is 26.9 Å². The van der Waals surface area contributed by atoms with Crippen molar-refractivity contribution in [2.45, 2.75) is 67.5 Å². The number of likely N-dealkylation sites (tertiary alicyclic amines) is 1. The van der Waals surface area contributed by atoms with Crippen molar-refractivity contribution in [3.05, 3.63) is 85.1 Å². The number of carboxylic acid groups (broad SMARTS) is 1. The molecule has 2 aliphatic carbocycles. The Morgan fingerprint density at radius 2 is 1.87 bits per heavy atom. The summed E-state index contributed by atoms with van der Waals surface area (Å²) in [5.74, 6) is -2.56. The minimum Gasteiger partial charge on any atom is -0.497 e. The molecule has 4 N–H and O–H groups in total. The van der Waals surface area contributed by atoms with Crippen molar-refractivity contribution in [3.63, 3.8) is 0 Å². The van der Waals surface area contributed by atoms with Gasteiger partial charge in [-0.2, -0.15) is 0 Å². The largest absolute Gasteiger partial charge is 0.497 e. The highest BCUT2D eigenvalue weighted by atomic mass is 32.2. The molecule has 3 fully saturated rings. The Bertz CT molecular complexity index is 2110. The number of carbonyl (C=O) groups is 5. The molecule has 15 nitrogen and oxygen atoms in total. The van der Waals surface area contributed by atoms with Crippen LogP contribution < -0.4 is 24.8 Å². The maximum atomic E-state index is 14.2. The number of hydrogen-bond acceptors (Lipinski definition) is 10.